The van der Waals surface area contributed by atoms with Gasteiger partial charge >= 0.3 is 0 Å². The first-order valence-corrected chi connectivity index (χ1v) is 6.15. The molecule has 19 heavy (non-hydrogen) atoms. The molecule has 1 heterocycles. The average Bonchev–Trinajstić information content (AvgIpc) is 2.44. The first-order valence-electron chi connectivity index (χ1n) is 6.15. The van der Waals surface area contributed by atoms with E-state index in [0.29, 0.717) is 28.8 Å². The molecule has 4 heteroatoms. The topological polar surface area (TPSA) is 46.6 Å². The summed E-state index contributed by atoms with van der Waals surface area (Å²) in [6, 6.07) is 8.92. The van der Waals surface area contributed by atoms with Crippen LogP contribution >= 0.6 is 0 Å². The van der Waals surface area contributed by atoms with Crippen molar-refractivity contribution >= 4 is 22.6 Å². The van der Waals surface area contributed by atoms with Crippen LogP contribution in [0.25, 0.3) is 10.8 Å². The van der Waals surface area contributed by atoms with E-state index in [4.69, 9.17) is 4.74 Å². The molecule has 0 saturated heterocycles. The number of hydrogen-bond donors (Lipinski definition) is 0. The third-order valence-corrected chi connectivity index (χ3v) is 3.49. The lowest BCUT2D eigenvalue weighted by molar-refractivity contribution is 0.0619. The molecule has 0 N–H and O–H groups in total. The minimum Gasteiger partial charge on any atom is -0.496 e. The Morgan fingerprint density at radius 2 is 1.74 bits per heavy atom. The van der Waals surface area contributed by atoms with Crippen LogP contribution in [0.4, 0.5) is 0 Å². The van der Waals surface area contributed by atoms with Crippen LogP contribution in [0.2, 0.25) is 0 Å². The zero-order chi connectivity index (χ0) is 13.6. The molecule has 0 spiro atoms. The molecule has 0 aliphatic carbocycles. The summed E-state index contributed by atoms with van der Waals surface area (Å²) in [4.78, 5) is 25.9. The highest BCUT2D eigenvalue weighted by Gasteiger charge is 2.32. The summed E-state index contributed by atoms with van der Waals surface area (Å²) in [6.45, 7) is 2.17. The monoisotopic (exact) mass is 255 g/mol. The fourth-order valence-electron chi connectivity index (χ4n) is 2.58. The molecule has 3 rings (SSSR count). The van der Waals surface area contributed by atoms with Gasteiger partial charge in [-0.2, -0.15) is 0 Å². The second-order valence-corrected chi connectivity index (χ2v) is 4.40. The van der Waals surface area contributed by atoms with Gasteiger partial charge in [0.25, 0.3) is 11.8 Å². The number of carbonyl (C=O) groups is 2. The number of ether oxygens (including phenoxy) is 1. The number of amides is 2. The summed E-state index contributed by atoms with van der Waals surface area (Å²) in [5, 5.41) is 1.50. The lowest BCUT2D eigenvalue weighted by Gasteiger charge is -2.26. The Kier molecular flexibility index (Phi) is 2.52. The van der Waals surface area contributed by atoms with Gasteiger partial charge in [0.15, 0.2) is 0 Å². The van der Waals surface area contributed by atoms with Crippen molar-refractivity contribution in [1.82, 2.24) is 4.90 Å². The van der Waals surface area contributed by atoms with Gasteiger partial charge in [-0.05, 0) is 25.1 Å². The molecule has 0 saturated carbocycles. The summed E-state index contributed by atoms with van der Waals surface area (Å²) in [5.41, 5.74) is 1.13. The van der Waals surface area contributed by atoms with E-state index in [1.54, 1.807) is 32.2 Å². The van der Waals surface area contributed by atoms with Gasteiger partial charge in [-0.1, -0.05) is 12.1 Å². The van der Waals surface area contributed by atoms with E-state index in [-0.39, 0.29) is 11.8 Å². The molecule has 0 bridgehead atoms. The van der Waals surface area contributed by atoms with Crippen LogP contribution in [0.5, 0.6) is 5.75 Å². The highest BCUT2D eigenvalue weighted by Crippen LogP contribution is 2.35. The molecule has 2 aromatic carbocycles. The van der Waals surface area contributed by atoms with Crippen molar-refractivity contribution in [3.63, 3.8) is 0 Å². The van der Waals surface area contributed by atoms with E-state index < -0.39 is 0 Å². The van der Waals surface area contributed by atoms with Crippen molar-refractivity contribution in [2.75, 3.05) is 13.7 Å². The molecule has 1 aliphatic rings. The van der Waals surface area contributed by atoms with Crippen molar-refractivity contribution in [2.24, 2.45) is 0 Å². The first-order chi connectivity index (χ1) is 9.19. The van der Waals surface area contributed by atoms with Crippen molar-refractivity contribution in [3.05, 3.63) is 41.5 Å². The Labute approximate surface area is 110 Å². The lowest BCUT2D eigenvalue weighted by Crippen LogP contribution is -2.40. The average molecular weight is 255 g/mol. The second kappa shape index (κ2) is 4.09. The maximum absolute atomic E-state index is 12.3. The van der Waals surface area contributed by atoms with E-state index in [9.17, 15) is 9.59 Å². The molecule has 0 fully saturated rings. The van der Waals surface area contributed by atoms with Crippen molar-refractivity contribution in [2.45, 2.75) is 6.92 Å². The van der Waals surface area contributed by atoms with Crippen LogP contribution in [0.3, 0.4) is 0 Å². The van der Waals surface area contributed by atoms with Crippen molar-refractivity contribution in [3.8, 4) is 5.75 Å². The van der Waals surface area contributed by atoms with E-state index in [1.165, 1.54) is 4.90 Å². The number of benzene rings is 2. The number of methoxy groups -OCH3 is 1. The second-order valence-electron chi connectivity index (χ2n) is 4.40. The van der Waals surface area contributed by atoms with Gasteiger partial charge in [0.1, 0.15) is 5.75 Å². The summed E-state index contributed by atoms with van der Waals surface area (Å²) in [7, 11) is 1.58. The van der Waals surface area contributed by atoms with Gasteiger partial charge in [-0.15, -0.1) is 0 Å². The third-order valence-electron chi connectivity index (χ3n) is 3.49. The molecule has 0 radical (unpaired) electrons. The van der Waals surface area contributed by atoms with Gasteiger partial charge < -0.3 is 4.74 Å². The quantitative estimate of drug-likeness (QED) is 0.774. The highest BCUT2D eigenvalue weighted by atomic mass is 16.5. The van der Waals surface area contributed by atoms with Gasteiger partial charge in [-0.3, -0.25) is 14.5 Å². The van der Waals surface area contributed by atoms with Gasteiger partial charge in [0.05, 0.1) is 7.11 Å². The smallest absolute Gasteiger partial charge is 0.261 e. The van der Waals surface area contributed by atoms with Crippen molar-refractivity contribution in [1.29, 1.82) is 0 Å². The Bertz CT molecular complexity index is 684. The molecular weight excluding hydrogens is 242 g/mol. The lowest BCUT2D eigenvalue weighted by atomic mass is 9.93. The van der Waals surface area contributed by atoms with Gasteiger partial charge in [0, 0.05) is 28.4 Å². The Morgan fingerprint density at radius 3 is 2.37 bits per heavy atom. The van der Waals surface area contributed by atoms with Crippen molar-refractivity contribution < 1.29 is 14.3 Å². The Balaban J connectivity index is 2.42. The summed E-state index contributed by atoms with van der Waals surface area (Å²) >= 11 is 0. The predicted molar refractivity (Wildman–Crippen MR) is 71.5 cm³/mol. The van der Waals surface area contributed by atoms with Crippen LogP contribution in [0, 0.1) is 0 Å². The van der Waals surface area contributed by atoms with Gasteiger partial charge in [-0.25, -0.2) is 0 Å². The molecule has 2 aromatic rings. The van der Waals surface area contributed by atoms with E-state index in [1.807, 2.05) is 12.1 Å². The maximum atomic E-state index is 12.3. The maximum Gasteiger partial charge on any atom is 0.261 e. The highest BCUT2D eigenvalue weighted by molar-refractivity contribution is 6.26. The van der Waals surface area contributed by atoms with Crippen LogP contribution in [0.1, 0.15) is 27.6 Å². The SMILES string of the molecule is CCN1C(=O)c2cccc3c(OC)ccc(c23)C1=O. The van der Waals surface area contributed by atoms with Crippen LogP contribution in [0.15, 0.2) is 30.3 Å². The minimum absolute atomic E-state index is 0.237. The Morgan fingerprint density at radius 1 is 1.05 bits per heavy atom. The molecular formula is C15H13NO3. The van der Waals surface area contributed by atoms with Crippen LogP contribution in [-0.2, 0) is 0 Å². The first kappa shape index (κ1) is 11.7. The molecule has 96 valence electrons. The zero-order valence-electron chi connectivity index (χ0n) is 10.8. The zero-order valence-corrected chi connectivity index (χ0v) is 10.8. The number of nitrogens with zero attached hydrogens (tertiary/aromatic N) is 1. The predicted octanol–water partition coefficient (Wildman–Crippen LogP) is 2.46. The number of carbonyl (C=O) groups excluding carboxylic acids is 2. The fourth-order valence-corrected chi connectivity index (χ4v) is 2.58. The normalized spacial score (nSPS) is 14.1. The summed E-state index contributed by atoms with van der Waals surface area (Å²) < 4.78 is 5.29. The summed E-state index contributed by atoms with van der Waals surface area (Å²) in [5.74, 6) is 0.198. The molecule has 0 unspecified atom stereocenters. The minimum atomic E-state index is -0.237. The van der Waals surface area contributed by atoms with Crippen LogP contribution < -0.4 is 4.74 Å². The van der Waals surface area contributed by atoms with E-state index in [0.717, 1.165) is 5.39 Å². The summed E-state index contributed by atoms with van der Waals surface area (Å²) in [6.07, 6.45) is 0. The largest absolute Gasteiger partial charge is 0.496 e. The molecule has 1 aliphatic heterocycles. The molecule has 0 atom stereocenters. The molecule has 2 amide bonds. The Hall–Kier alpha value is -2.36. The molecule has 4 nitrogen and oxygen atoms in total. The molecule has 0 aromatic heterocycles. The standard InChI is InChI=1S/C15H13NO3/c1-3-16-14(17)10-6-4-5-9-12(19-2)8-7-11(13(9)10)15(16)18/h4-8H,3H2,1-2H3. The third kappa shape index (κ3) is 1.46. The fraction of sp³-hybridized carbons (Fsp3) is 0.200. The number of hydrogen-bond acceptors (Lipinski definition) is 3. The number of rotatable bonds is 2. The van der Waals surface area contributed by atoms with E-state index in [2.05, 4.69) is 0 Å². The number of imide groups is 1. The van der Waals surface area contributed by atoms with Crippen LogP contribution in [-0.4, -0.2) is 30.4 Å². The van der Waals surface area contributed by atoms with E-state index >= 15 is 0 Å². The van der Waals surface area contributed by atoms with Gasteiger partial charge in [0.2, 0.25) is 0 Å².